The van der Waals surface area contributed by atoms with Gasteiger partial charge < -0.3 is 0 Å². The van der Waals surface area contributed by atoms with Crippen LogP contribution >= 0.6 is 23.4 Å². The van der Waals surface area contributed by atoms with Crippen LogP contribution < -0.4 is 5.56 Å². The van der Waals surface area contributed by atoms with Crippen LogP contribution in [0.4, 0.5) is 0 Å². The highest BCUT2D eigenvalue weighted by Gasteiger charge is 2.17. The number of rotatable bonds is 6. The fourth-order valence-electron chi connectivity index (χ4n) is 3.66. The Morgan fingerprint density at radius 3 is 2.39 bits per heavy atom. The molecule has 0 unspecified atom stereocenters. The first kappa shape index (κ1) is 21.4. The van der Waals surface area contributed by atoms with Gasteiger partial charge in [-0.15, -0.1) is 10.2 Å². The highest BCUT2D eigenvalue weighted by molar-refractivity contribution is 7.98. The smallest absolute Gasteiger partial charge is 0.261 e. The van der Waals surface area contributed by atoms with E-state index in [2.05, 4.69) is 22.3 Å². The number of halogens is 1. The Bertz CT molecular complexity index is 1480. The van der Waals surface area contributed by atoms with Crippen molar-refractivity contribution in [1.29, 1.82) is 0 Å². The second kappa shape index (κ2) is 9.21. The van der Waals surface area contributed by atoms with Gasteiger partial charge in [-0.1, -0.05) is 65.8 Å². The predicted octanol–water partition coefficient (Wildman–Crippen LogP) is 5.05. The van der Waals surface area contributed by atoms with E-state index in [0.29, 0.717) is 33.9 Å². The summed E-state index contributed by atoms with van der Waals surface area (Å²) in [6, 6.07) is 25.2. The van der Waals surface area contributed by atoms with Crippen LogP contribution in [-0.4, -0.2) is 24.3 Å². The molecule has 0 bridgehead atoms. The lowest BCUT2D eigenvalue weighted by molar-refractivity contribution is 0.782. The van der Waals surface area contributed by atoms with E-state index in [0.717, 1.165) is 22.2 Å². The average molecular weight is 474 g/mol. The fourth-order valence-corrected chi connectivity index (χ4v) is 4.74. The van der Waals surface area contributed by atoms with Crippen LogP contribution in [-0.2, 0) is 19.2 Å². The highest BCUT2D eigenvalue weighted by Crippen LogP contribution is 2.27. The van der Waals surface area contributed by atoms with Gasteiger partial charge in [-0.25, -0.2) is 4.98 Å². The van der Waals surface area contributed by atoms with Gasteiger partial charge in [0.15, 0.2) is 5.16 Å². The molecule has 0 saturated carbocycles. The lowest BCUT2D eigenvalue weighted by Crippen LogP contribution is -2.22. The molecular weight excluding hydrogens is 454 g/mol. The second-order valence-electron chi connectivity index (χ2n) is 7.57. The summed E-state index contributed by atoms with van der Waals surface area (Å²) in [5.74, 6) is 1.98. The van der Waals surface area contributed by atoms with E-state index in [1.807, 2.05) is 65.2 Å². The summed E-state index contributed by atoms with van der Waals surface area (Å²) in [5.41, 5.74) is 2.72. The Labute approximate surface area is 199 Å². The Kier molecular flexibility index (Phi) is 5.98. The van der Waals surface area contributed by atoms with Gasteiger partial charge in [0.25, 0.3) is 5.56 Å². The molecule has 0 saturated heterocycles. The molecule has 8 heteroatoms. The predicted molar refractivity (Wildman–Crippen MR) is 132 cm³/mol. The molecule has 33 heavy (non-hydrogen) atoms. The lowest BCUT2D eigenvalue weighted by Gasteiger charge is -2.12. The summed E-state index contributed by atoms with van der Waals surface area (Å²) < 4.78 is 3.64. The summed E-state index contributed by atoms with van der Waals surface area (Å²) >= 11 is 7.61. The third kappa shape index (κ3) is 4.42. The highest BCUT2D eigenvalue weighted by atomic mass is 35.5. The van der Waals surface area contributed by atoms with Crippen LogP contribution in [0.1, 0.15) is 17.2 Å². The van der Waals surface area contributed by atoms with Crippen LogP contribution in [0.3, 0.4) is 0 Å². The van der Waals surface area contributed by atoms with E-state index in [1.165, 1.54) is 11.8 Å². The van der Waals surface area contributed by atoms with Gasteiger partial charge in [-0.2, -0.15) is 0 Å². The third-order valence-electron chi connectivity index (χ3n) is 5.40. The SMILES string of the molecule is Cn1c(CSc2nnc(Cc3ccccc3)n2-c2ccc(Cl)cc2)nc2ccccc2c1=O. The topological polar surface area (TPSA) is 65.6 Å². The minimum atomic E-state index is -0.0554. The van der Waals surface area contributed by atoms with Crippen molar-refractivity contribution in [3.8, 4) is 5.69 Å². The van der Waals surface area contributed by atoms with Gasteiger partial charge in [0.1, 0.15) is 11.6 Å². The maximum atomic E-state index is 12.8. The summed E-state index contributed by atoms with van der Waals surface area (Å²) in [4.78, 5) is 17.5. The molecule has 5 rings (SSSR count). The quantitative estimate of drug-likeness (QED) is 0.323. The van der Waals surface area contributed by atoms with E-state index in [4.69, 9.17) is 16.6 Å². The number of thioether (sulfide) groups is 1. The number of benzene rings is 3. The van der Waals surface area contributed by atoms with Crippen molar-refractivity contribution in [2.45, 2.75) is 17.3 Å². The zero-order valence-electron chi connectivity index (χ0n) is 17.9. The van der Waals surface area contributed by atoms with Crippen LogP contribution in [0.25, 0.3) is 16.6 Å². The number of hydrogen-bond acceptors (Lipinski definition) is 5. The van der Waals surface area contributed by atoms with E-state index in [1.54, 1.807) is 17.7 Å². The third-order valence-corrected chi connectivity index (χ3v) is 6.57. The molecule has 0 aliphatic carbocycles. The fraction of sp³-hybridized carbons (Fsp3) is 0.120. The minimum absolute atomic E-state index is 0.0554. The number of nitrogens with zero attached hydrogens (tertiary/aromatic N) is 5. The van der Waals surface area contributed by atoms with Crippen molar-refractivity contribution in [2.75, 3.05) is 0 Å². The number of aromatic nitrogens is 5. The summed E-state index contributed by atoms with van der Waals surface area (Å²) in [7, 11) is 1.75. The molecule has 0 amide bonds. The van der Waals surface area contributed by atoms with Crippen molar-refractivity contribution in [3.05, 3.63) is 111 Å². The Hall–Kier alpha value is -3.42. The average Bonchev–Trinajstić information content (AvgIpc) is 3.24. The first-order valence-corrected chi connectivity index (χ1v) is 11.8. The normalized spacial score (nSPS) is 11.2. The molecule has 0 radical (unpaired) electrons. The molecule has 3 aromatic carbocycles. The first-order chi connectivity index (χ1) is 16.1. The summed E-state index contributed by atoms with van der Waals surface area (Å²) in [6.07, 6.45) is 0.643. The molecule has 0 atom stereocenters. The van der Waals surface area contributed by atoms with Crippen LogP contribution in [0.15, 0.2) is 88.8 Å². The number of para-hydroxylation sites is 1. The molecule has 164 valence electrons. The first-order valence-electron chi connectivity index (χ1n) is 10.4. The van der Waals surface area contributed by atoms with Crippen LogP contribution in [0, 0.1) is 0 Å². The van der Waals surface area contributed by atoms with Crippen molar-refractivity contribution in [1.82, 2.24) is 24.3 Å². The van der Waals surface area contributed by atoms with Gasteiger partial charge in [0, 0.05) is 24.2 Å². The number of fused-ring (bicyclic) bond motifs is 1. The van der Waals surface area contributed by atoms with Gasteiger partial charge in [-0.3, -0.25) is 13.9 Å². The zero-order valence-corrected chi connectivity index (χ0v) is 19.4. The van der Waals surface area contributed by atoms with E-state index in [-0.39, 0.29) is 5.56 Å². The maximum absolute atomic E-state index is 12.8. The van der Waals surface area contributed by atoms with E-state index < -0.39 is 0 Å². The van der Waals surface area contributed by atoms with E-state index in [9.17, 15) is 4.79 Å². The summed E-state index contributed by atoms with van der Waals surface area (Å²) in [6.45, 7) is 0. The lowest BCUT2D eigenvalue weighted by atomic mass is 10.1. The molecule has 0 spiro atoms. The molecule has 0 aliphatic heterocycles. The maximum Gasteiger partial charge on any atom is 0.261 e. The Morgan fingerprint density at radius 1 is 0.879 bits per heavy atom. The molecule has 2 aromatic heterocycles. The van der Waals surface area contributed by atoms with Crippen molar-refractivity contribution in [3.63, 3.8) is 0 Å². The number of hydrogen-bond donors (Lipinski definition) is 0. The largest absolute Gasteiger partial charge is 0.299 e. The molecule has 2 heterocycles. The van der Waals surface area contributed by atoms with Gasteiger partial charge in [-0.05, 0) is 42.0 Å². The van der Waals surface area contributed by atoms with Crippen molar-refractivity contribution in [2.24, 2.45) is 7.05 Å². The van der Waals surface area contributed by atoms with Gasteiger partial charge in [0.05, 0.1) is 16.7 Å². The molecular formula is C25H20ClN5OS. The van der Waals surface area contributed by atoms with E-state index >= 15 is 0 Å². The van der Waals surface area contributed by atoms with Crippen LogP contribution in [0.5, 0.6) is 0 Å². The Morgan fingerprint density at radius 2 is 1.61 bits per heavy atom. The zero-order chi connectivity index (χ0) is 22.8. The van der Waals surface area contributed by atoms with Gasteiger partial charge >= 0.3 is 0 Å². The van der Waals surface area contributed by atoms with Gasteiger partial charge in [0.2, 0.25) is 0 Å². The van der Waals surface area contributed by atoms with Crippen molar-refractivity contribution >= 4 is 34.3 Å². The second-order valence-corrected chi connectivity index (χ2v) is 8.95. The molecule has 0 fully saturated rings. The summed E-state index contributed by atoms with van der Waals surface area (Å²) in [5, 5.41) is 11.0. The minimum Gasteiger partial charge on any atom is -0.299 e. The monoisotopic (exact) mass is 473 g/mol. The molecule has 5 aromatic rings. The molecule has 0 N–H and O–H groups in total. The Balaban J connectivity index is 1.51. The van der Waals surface area contributed by atoms with Crippen molar-refractivity contribution < 1.29 is 0 Å². The van der Waals surface area contributed by atoms with Crippen LogP contribution in [0.2, 0.25) is 5.02 Å². The molecule has 6 nitrogen and oxygen atoms in total. The molecule has 0 aliphatic rings. The standard InChI is InChI=1S/C25H20ClN5OS/c1-30-23(27-21-10-6-5-9-20(21)24(30)32)16-33-25-29-28-22(15-17-7-3-2-4-8-17)31(25)19-13-11-18(26)12-14-19/h2-14H,15-16H2,1H3.